The number of fused-ring (bicyclic) bond motifs is 1. The Hall–Kier alpha value is -1.87. The molecule has 0 radical (unpaired) electrons. The minimum atomic E-state index is 0.461. The number of ether oxygens (including phenoxy) is 1. The first-order chi connectivity index (χ1) is 9.86. The lowest BCUT2D eigenvalue weighted by Crippen LogP contribution is -2.21. The second-order valence-electron chi connectivity index (χ2n) is 5.24. The number of nitrogens with one attached hydrogen (secondary N) is 1. The van der Waals surface area contributed by atoms with Gasteiger partial charge in [0.15, 0.2) is 0 Å². The van der Waals surface area contributed by atoms with Crippen molar-refractivity contribution in [3.05, 3.63) is 59.4 Å². The summed E-state index contributed by atoms with van der Waals surface area (Å²) in [5, 5.41) is 3.40. The zero-order valence-electron chi connectivity index (χ0n) is 11.8. The van der Waals surface area contributed by atoms with Crippen LogP contribution in [0.15, 0.2) is 42.7 Å². The molecule has 104 valence electrons. The molecule has 1 aliphatic carbocycles. The summed E-state index contributed by atoms with van der Waals surface area (Å²) in [4.78, 5) is 4.02. The second kappa shape index (κ2) is 6.06. The van der Waals surface area contributed by atoms with Gasteiger partial charge in [0.05, 0.1) is 0 Å². The molecule has 1 unspecified atom stereocenters. The Bertz CT molecular complexity index is 568. The number of pyridine rings is 1. The molecule has 0 spiro atoms. The average molecular weight is 268 g/mol. The van der Waals surface area contributed by atoms with Crippen LogP contribution in [0.3, 0.4) is 0 Å². The highest BCUT2D eigenvalue weighted by Gasteiger charge is 2.19. The molecule has 1 aliphatic rings. The smallest absolute Gasteiger partial charge is 0.120 e. The maximum absolute atomic E-state index is 5.90. The van der Waals surface area contributed by atoms with Gasteiger partial charge in [-0.3, -0.25) is 4.98 Å². The molecule has 0 aliphatic heterocycles. The van der Waals surface area contributed by atoms with Gasteiger partial charge in [-0.05, 0) is 67.3 Å². The Morgan fingerprint density at radius 2 is 2.10 bits per heavy atom. The lowest BCUT2D eigenvalue weighted by molar-refractivity contribution is 0.305. The van der Waals surface area contributed by atoms with Crippen LogP contribution in [-0.2, 0) is 13.0 Å². The van der Waals surface area contributed by atoms with Gasteiger partial charge >= 0.3 is 0 Å². The van der Waals surface area contributed by atoms with Gasteiger partial charge in [0.1, 0.15) is 12.4 Å². The van der Waals surface area contributed by atoms with Gasteiger partial charge in [0, 0.05) is 18.4 Å². The Balaban J connectivity index is 1.75. The summed E-state index contributed by atoms with van der Waals surface area (Å²) < 4.78 is 5.90. The summed E-state index contributed by atoms with van der Waals surface area (Å²) >= 11 is 0. The number of hydrogen-bond acceptors (Lipinski definition) is 3. The van der Waals surface area contributed by atoms with Crippen LogP contribution in [0, 0.1) is 0 Å². The van der Waals surface area contributed by atoms with Crippen LogP contribution in [0.25, 0.3) is 0 Å². The van der Waals surface area contributed by atoms with E-state index in [0.29, 0.717) is 12.6 Å². The van der Waals surface area contributed by atoms with Crippen LogP contribution in [0.5, 0.6) is 5.75 Å². The van der Waals surface area contributed by atoms with Gasteiger partial charge in [-0.1, -0.05) is 6.07 Å². The van der Waals surface area contributed by atoms with E-state index >= 15 is 0 Å². The highest BCUT2D eigenvalue weighted by Crippen LogP contribution is 2.32. The number of aromatic nitrogens is 1. The van der Waals surface area contributed by atoms with Crippen LogP contribution < -0.4 is 10.1 Å². The fourth-order valence-corrected chi connectivity index (χ4v) is 2.81. The fourth-order valence-electron chi connectivity index (χ4n) is 2.81. The summed E-state index contributed by atoms with van der Waals surface area (Å²) in [6, 6.07) is 10.9. The van der Waals surface area contributed by atoms with Crippen LogP contribution in [0.2, 0.25) is 0 Å². The topological polar surface area (TPSA) is 34.1 Å². The van der Waals surface area contributed by atoms with Gasteiger partial charge in [-0.2, -0.15) is 0 Å². The standard InChI is InChI=1S/C17H20N2O/c1-18-17-4-2-3-14-5-6-15(11-16(14)17)20-12-13-7-9-19-10-8-13/h5-11,17-18H,2-4,12H2,1H3. The normalized spacial score (nSPS) is 17.6. The average Bonchev–Trinajstić information content (AvgIpc) is 2.53. The van der Waals surface area contributed by atoms with Gasteiger partial charge in [0.25, 0.3) is 0 Å². The lowest BCUT2D eigenvalue weighted by atomic mass is 9.87. The SMILES string of the molecule is CNC1CCCc2ccc(OCc3ccncc3)cc21. The quantitative estimate of drug-likeness (QED) is 0.924. The van der Waals surface area contributed by atoms with Crippen molar-refractivity contribution in [2.24, 2.45) is 0 Å². The van der Waals surface area contributed by atoms with E-state index in [0.717, 1.165) is 11.3 Å². The summed E-state index contributed by atoms with van der Waals surface area (Å²) in [5.41, 5.74) is 3.99. The third-order valence-electron chi connectivity index (χ3n) is 3.93. The van der Waals surface area contributed by atoms with Crippen LogP contribution >= 0.6 is 0 Å². The number of aryl methyl sites for hydroxylation is 1. The maximum Gasteiger partial charge on any atom is 0.120 e. The molecule has 0 amide bonds. The molecule has 0 fully saturated rings. The number of rotatable bonds is 4. The molecule has 1 heterocycles. The number of hydrogen-bond donors (Lipinski definition) is 1. The molecule has 20 heavy (non-hydrogen) atoms. The van der Waals surface area contributed by atoms with Crippen molar-refractivity contribution in [1.82, 2.24) is 10.3 Å². The largest absolute Gasteiger partial charge is 0.489 e. The minimum Gasteiger partial charge on any atom is -0.489 e. The van der Waals surface area contributed by atoms with E-state index in [1.54, 1.807) is 12.4 Å². The van der Waals surface area contributed by atoms with Crippen LogP contribution in [-0.4, -0.2) is 12.0 Å². The van der Waals surface area contributed by atoms with E-state index in [9.17, 15) is 0 Å². The van der Waals surface area contributed by atoms with Gasteiger partial charge in [-0.25, -0.2) is 0 Å². The summed E-state index contributed by atoms with van der Waals surface area (Å²) in [5.74, 6) is 0.947. The van der Waals surface area contributed by atoms with E-state index in [-0.39, 0.29) is 0 Å². The lowest BCUT2D eigenvalue weighted by Gasteiger charge is -2.25. The van der Waals surface area contributed by atoms with Gasteiger partial charge < -0.3 is 10.1 Å². The molecule has 0 saturated heterocycles. The van der Waals surface area contributed by atoms with E-state index in [4.69, 9.17) is 4.74 Å². The first-order valence-electron chi connectivity index (χ1n) is 7.18. The van der Waals surface area contributed by atoms with E-state index in [1.807, 2.05) is 19.2 Å². The Morgan fingerprint density at radius 1 is 1.25 bits per heavy atom. The summed E-state index contributed by atoms with van der Waals surface area (Å²) in [7, 11) is 2.03. The molecule has 1 aromatic carbocycles. The minimum absolute atomic E-state index is 0.461. The van der Waals surface area contributed by atoms with Crippen molar-refractivity contribution in [3.8, 4) is 5.75 Å². The number of benzene rings is 1. The molecular weight excluding hydrogens is 248 g/mol. The van der Waals surface area contributed by atoms with Crippen molar-refractivity contribution in [2.45, 2.75) is 31.9 Å². The van der Waals surface area contributed by atoms with Crippen molar-refractivity contribution >= 4 is 0 Å². The Morgan fingerprint density at radius 3 is 2.90 bits per heavy atom. The Kier molecular flexibility index (Phi) is 3.97. The first kappa shape index (κ1) is 13.1. The zero-order valence-corrected chi connectivity index (χ0v) is 11.8. The fraction of sp³-hybridized carbons (Fsp3) is 0.353. The third-order valence-corrected chi connectivity index (χ3v) is 3.93. The molecule has 3 heteroatoms. The predicted molar refractivity (Wildman–Crippen MR) is 79.7 cm³/mol. The van der Waals surface area contributed by atoms with E-state index in [1.165, 1.54) is 30.4 Å². The van der Waals surface area contributed by atoms with Gasteiger partial charge in [0.2, 0.25) is 0 Å². The summed E-state index contributed by atoms with van der Waals surface area (Å²) in [6.07, 6.45) is 7.23. The van der Waals surface area contributed by atoms with Crippen LogP contribution in [0.1, 0.15) is 35.6 Å². The van der Waals surface area contributed by atoms with Crippen molar-refractivity contribution < 1.29 is 4.74 Å². The second-order valence-corrected chi connectivity index (χ2v) is 5.24. The molecule has 3 nitrogen and oxygen atoms in total. The highest BCUT2D eigenvalue weighted by molar-refractivity contribution is 5.39. The number of nitrogens with zero attached hydrogens (tertiary/aromatic N) is 1. The monoisotopic (exact) mass is 268 g/mol. The molecule has 1 aromatic heterocycles. The Labute approximate surface area is 120 Å². The molecule has 3 rings (SSSR count). The van der Waals surface area contributed by atoms with Crippen molar-refractivity contribution in [2.75, 3.05) is 7.05 Å². The zero-order chi connectivity index (χ0) is 13.8. The summed E-state index contributed by atoms with van der Waals surface area (Å²) in [6.45, 7) is 0.589. The molecule has 0 saturated carbocycles. The predicted octanol–water partition coefficient (Wildman–Crippen LogP) is 3.26. The molecule has 1 N–H and O–H groups in total. The first-order valence-corrected chi connectivity index (χ1v) is 7.18. The third kappa shape index (κ3) is 2.83. The van der Waals surface area contributed by atoms with E-state index in [2.05, 4.69) is 28.5 Å². The van der Waals surface area contributed by atoms with Crippen LogP contribution in [0.4, 0.5) is 0 Å². The van der Waals surface area contributed by atoms with Crippen molar-refractivity contribution in [3.63, 3.8) is 0 Å². The molecule has 2 aromatic rings. The molecular formula is C17H20N2O. The van der Waals surface area contributed by atoms with Crippen molar-refractivity contribution in [1.29, 1.82) is 0 Å². The molecule has 0 bridgehead atoms. The maximum atomic E-state index is 5.90. The van der Waals surface area contributed by atoms with E-state index < -0.39 is 0 Å². The van der Waals surface area contributed by atoms with Gasteiger partial charge in [-0.15, -0.1) is 0 Å². The molecule has 1 atom stereocenters. The highest BCUT2D eigenvalue weighted by atomic mass is 16.5.